The summed E-state index contributed by atoms with van der Waals surface area (Å²) in [7, 11) is 0. The van der Waals surface area contributed by atoms with Crippen molar-refractivity contribution in [1.29, 1.82) is 0 Å². The highest BCUT2D eigenvalue weighted by molar-refractivity contribution is 6.38. The molecule has 11 fully saturated rings. The molecular weight excluding hydrogens is 747 g/mol. The number of carbonyl (C=O) groups is 6. The first-order valence-corrected chi connectivity index (χ1v) is 23.6. The zero-order chi connectivity index (χ0) is 41.3. The lowest BCUT2D eigenvalue weighted by Crippen LogP contribution is -2.64. The average Bonchev–Trinajstić information content (AvgIpc) is 3.46. The van der Waals surface area contributed by atoms with Gasteiger partial charge in [0.1, 0.15) is 17.7 Å². The summed E-state index contributed by atoms with van der Waals surface area (Å²) in [5, 5.41) is 12.1. The number of esters is 1. The molecule has 5 amide bonds. The number of amides is 5. The maximum Gasteiger partial charge on any atom is 0.315 e. The molecule has 0 aromatic carbocycles. The number of Topliss-reactive ketones (excluding diaryl/α,β-unsaturated/α-hetero) is 1. The third kappa shape index (κ3) is 8.08. The molecule has 0 aromatic rings. The fraction of sp³-hybridized carbons (Fsp3) is 0.830. The van der Waals surface area contributed by atoms with E-state index in [1.807, 2.05) is 0 Å². The summed E-state index contributed by atoms with van der Waals surface area (Å²) in [6.07, 6.45) is 20.3. The molecule has 0 radical (unpaired) electrons. The first-order valence-electron chi connectivity index (χ1n) is 23.6. The van der Waals surface area contributed by atoms with Crippen molar-refractivity contribution in [2.24, 2.45) is 58.7 Å². The van der Waals surface area contributed by atoms with Gasteiger partial charge in [-0.05, 0) is 161 Å². The van der Waals surface area contributed by atoms with Gasteiger partial charge < -0.3 is 30.9 Å². The lowest BCUT2D eigenvalue weighted by molar-refractivity contribution is -0.186. The molecule has 8 bridgehead atoms. The monoisotopic (exact) mass is 816 g/mol. The molecule has 5 atom stereocenters. The summed E-state index contributed by atoms with van der Waals surface area (Å²) in [5.74, 6) is 1.21. The van der Waals surface area contributed by atoms with E-state index in [2.05, 4.69) is 41.7 Å². The minimum atomic E-state index is -1.13. The predicted molar refractivity (Wildman–Crippen MR) is 220 cm³/mol. The fourth-order valence-electron chi connectivity index (χ4n) is 15.3. The quantitative estimate of drug-likeness (QED) is 0.0934. The van der Waals surface area contributed by atoms with Crippen molar-refractivity contribution < 1.29 is 33.5 Å². The van der Waals surface area contributed by atoms with Crippen LogP contribution in [0.3, 0.4) is 0 Å². The normalized spacial score (nSPS) is 39.1. The summed E-state index contributed by atoms with van der Waals surface area (Å²) in [5.41, 5.74) is -0.744. The number of ether oxygens (including phenoxy) is 1. The van der Waals surface area contributed by atoms with E-state index in [0.717, 1.165) is 70.6 Å². The summed E-state index contributed by atoms with van der Waals surface area (Å²) in [6, 6.07) is -2.99. The SMILES string of the molecule is C=CCC[C@@H](NC(=O)[C@@H]1C2C(CN1C(=O)[C@@H](NC(=O)NC13CC4CC(CC(C4)C1)C3)C1CCCCC1)C2(C)C)C(=O)C(=O)NCCC(=O)OC12CC3CC(CC(C3)C1)C2. The smallest absolute Gasteiger partial charge is 0.315 e. The van der Waals surface area contributed by atoms with E-state index in [-0.39, 0.29) is 71.6 Å². The number of likely N-dealkylation sites (tertiary alicyclic amines) is 1. The van der Waals surface area contributed by atoms with Crippen LogP contribution < -0.4 is 21.3 Å². The Kier molecular flexibility index (Phi) is 11.0. The first kappa shape index (κ1) is 40.9. The van der Waals surface area contributed by atoms with Gasteiger partial charge in [0.05, 0.1) is 12.5 Å². The summed E-state index contributed by atoms with van der Waals surface area (Å²) >= 11 is 0. The van der Waals surface area contributed by atoms with Gasteiger partial charge in [0.2, 0.25) is 17.6 Å². The minimum Gasteiger partial charge on any atom is -0.459 e. The number of fused-ring (bicyclic) bond motifs is 1. The average molecular weight is 816 g/mol. The zero-order valence-electron chi connectivity index (χ0n) is 35.6. The molecule has 1 aliphatic heterocycles. The highest BCUT2D eigenvalue weighted by atomic mass is 16.6. The minimum absolute atomic E-state index is 0.0255. The maximum atomic E-state index is 14.8. The number of nitrogens with zero attached hydrogens (tertiary/aromatic N) is 1. The van der Waals surface area contributed by atoms with Gasteiger partial charge in [-0.1, -0.05) is 39.2 Å². The number of ketones is 1. The van der Waals surface area contributed by atoms with Gasteiger partial charge in [0, 0.05) is 18.6 Å². The van der Waals surface area contributed by atoms with Crippen LogP contribution >= 0.6 is 0 Å². The van der Waals surface area contributed by atoms with Gasteiger partial charge in [-0.2, -0.15) is 0 Å². The lowest BCUT2D eigenvalue weighted by atomic mass is 9.53. The van der Waals surface area contributed by atoms with Gasteiger partial charge in [-0.25, -0.2) is 4.79 Å². The second-order valence-electron chi connectivity index (χ2n) is 21.9. The van der Waals surface area contributed by atoms with E-state index >= 15 is 0 Å². The number of rotatable bonds is 15. The van der Waals surface area contributed by atoms with E-state index in [0.29, 0.717) is 48.5 Å². The van der Waals surface area contributed by atoms with Crippen molar-refractivity contribution in [3.05, 3.63) is 12.7 Å². The van der Waals surface area contributed by atoms with Crippen LogP contribution in [0.25, 0.3) is 0 Å². The van der Waals surface area contributed by atoms with Crippen LogP contribution in [-0.4, -0.2) is 82.8 Å². The first-order chi connectivity index (χ1) is 28.2. The maximum absolute atomic E-state index is 14.8. The summed E-state index contributed by atoms with van der Waals surface area (Å²) < 4.78 is 6.09. The molecule has 11 aliphatic rings. The highest BCUT2D eigenvalue weighted by Crippen LogP contribution is 2.65. The van der Waals surface area contributed by atoms with Gasteiger partial charge >= 0.3 is 12.0 Å². The molecule has 12 heteroatoms. The number of urea groups is 1. The Labute approximate surface area is 350 Å². The van der Waals surface area contributed by atoms with Crippen LogP contribution in [0.4, 0.5) is 4.79 Å². The van der Waals surface area contributed by atoms with Crippen LogP contribution in [0.5, 0.6) is 0 Å². The van der Waals surface area contributed by atoms with E-state index < -0.39 is 35.7 Å². The molecule has 2 unspecified atom stereocenters. The molecule has 0 spiro atoms. The number of piperidine rings is 1. The highest BCUT2D eigenvalue weighted by Gasteiger charge is 2.70. The van der Waals surface area contributed by atoms with Crippen molar-refractivity contribution in [3.63, 3.8) is 0 Å². The standard InChI is InChI=1S/C47H69N5O7/c1-4-5-11-35(40(54)42(56)48-13-12-36(53)59-47-23-30-17-31(24-47)19-32(18-30)25-47)49-41(55)39-37-34(45(37,2)3)26-52(39)43(57)38(33-9-7-6-8-10-33)50-44(58)51-46-20-27-14-28(21-46)16-29(15-27)22-46/h4,27-35,37-39H,1,5-26H2,2-3H3,(H,48,56)(H,49,55)(H2,50,51,58)/t27?,28?,29?,30?,31?,32?,34?,35-,37?,38+,39+,46?,47?/m1/s1. The molecule has 0 aromatic heterocycles. The number of nitrogens with one attached hydrogen (secondary N) is 4. The second kappa shape index (κ2) is 15.8. The van der Waals surface area contributed by atoms with Crippen molar-refractivity contribution in [3.8, 4) is 0 Å². The van der Waals surface area contributed by atoms with Crippen molar-refractivity contribution in [1.82, 2.24) is 26.2 Å². The molecule has 324 valence electrons. The lowest BCUT2D eigenvalue weighted by Gasteiger charge is -2.56. The number of carbonyl (C=O) groups excluding carboxylic acids is 6. The van der Waals surface area contributed by atoms with Crippen LogP contribution in [0.2, 0.25) is 0 Å². The van der Waals surface area contributed by atoms with Gasteiger partial charge in [0.25, 0.3) is 5.91 Å². The topological polar surface area (TPSA) is 163 Å². The summed E-state index contributed by atoms with van der Waals surface area (Å²) in [6.45, 7) is 8.39. The van der Waals surface area contributed by atoms with Gasteiger partial charge in [0.15, 0.2) is 0 Å². The Morgan fingerprint density at radius 3 is 1.95 bits per heavy atom. The number of hydrogen-bond acceptors (Lipinski definition) is 7. The van der Waals surface area contributed by atoms with E-state index in [9.17, 15) is 28.8 Å². The Morgan fingerprint density at radius 2 is 1.37 bits per heavy atom. The van der Waals surface area contributed by atoms with Crippen LogP contribution in [0, 0.1) is 58.7 Å². The Balaban J connectivity index is 0.840. The number of allylic oxidation sites excluding steroid dienone is 1. The number of hydrogen-bond donors (Lipinski definition) is 4. The molecule has 59 heavy (non-hydrogen) atoms. The Morgan fingerprint density at radius 1 is 0.797 bits per heavy atom. The predicted octanol–water partition coefficient (Wildman–Crippen LogP) is 5.72. The zero-order valence-corrected chi connectivity index (χ0v) is 35.6. The van der Waals surface area contributed by atoms with E-state index in [1.165, 1.54) is 38.5 Å². The van der Waals surface area contributed by atoms with Crippen molar-refractivity contribution in [2.45, 2.75) is 172 Å². The molecule has 1 heterocycles. The van der Waals surface area contributed by atoms with Crippen molar-refractivity contribution in [2.75, 3.05) is 13.1 Å². The third-order valence-corrected chi connectivity index (χ3v) is 17.3. The third-order valence-electron chi connectivity index (χ3n) is 17.3. The fourth-order valence-corrected chi connectivity index (χ4v) is 15.3. The summed E-state index contributed by atoms with van der Waals surface area (Å²) in [4.78, 5) is 84.9. The second-order valence-corrected chi connectivity index (χ2v) is 21.9. The Hall–Kier alpha value is -3.44. The molecule has 10 aliphatic carbocycles. The van der Waals surface area contributed by atoms with Crippen LogP contribution in [0.15, 0.2) is 12.7 Å². The van der Waals surface area contributed by atoms with Crippen molar-refractivity contribution >= 4 is 35.5 Å². The van der Waals surface area contributed by atoms with Crippen LogP contribution in [-0.2, 0) is 28.7 Å². The van der Waals surface area contributed by atoms with E-state index in [4.69, 9.17) is 4.74 Å². The van der Waals surface area contributed by atoms with E-state index in [1.54, 1.807) is 11.0 Å². The Bertz CT molecular complexity index is 1650. The molecule has 1 saturated heterocycles. The molecule has 10 saturated carbocycles. The molecule has 12 nitrogen and oxygen atoms in total. The molecule has 4 N–H and O–H groups in total. The molecule has 11 rings (SSSR count). The van der Waals surface area contributed by atoms with Gasteiger partial charge in [-0.3, -0.25) is 24.0 Å². The molecular formula is C47H69N5O7. The van der Waals surface area contributed by atoms with Crippen LogP contribution in [0.1, 0.15) is 142 Å². The van der Waals surface area contributed by atoms with Gasteiger partial charge in [-0.15, -0.1) is 6.58 Å². The largest absolute Gasteiger partial charge is 0.459 e.